The zero-order chi connectivity index (χ0) is 46.8. The van der Waals surface area contributed by atoms with E-state index in [0.717, 1.165) is 108 Å². The molecule has 4 bridgehead atoms. The van der Waals surface area contributed by atoms with E-state index in [1.165, 1.54) is 12.5 Å². The Balaban J connectivity index is 1.23. The number of nitrogen functional groups attached to an aromatic ring is 1. The number of pyridine rings is 1. The summed E-state index contributed by atoms with van der Waals surface area (Å²) >= 11 is 0. The number of nitrogens with zero attached hydrogens (tertiary/aromatic N) is 1. The van der Waals surface area contributed by atoms with Gasteiger partial charge in [-0.1, -0.05) is 56.2 Å². The average Bonchev–Trinajstić information content (AvgIpc) is 3.89. The number of hydrogen-bond donors (Lipinski definition) is 5. The van der Waals surface area contributed by atoms with E-state index in [-0.39, 0.29) is 53.7 Å². The summed E-state index contributed by atoms with van der Waals surface area (Å²) in [5.41, 5.74) is 16.9. The number of carbonyl (C=O) groups is 1. The highest BCUT2D eigenvalue weighted by Gasteiger charge is 2.52. The number of phenols is 2. The summed E-state index contributed by atoms with van der Waals surface area (Å²) in [6, 6.07) is 24.1. The predicted molar refractivity (Wildman–Crippen MR) is 262 cm³/mol. The van der Waals surface area contributed by atoms with Crippen molar-refractivity contribution in [1.29, 1.82) is 0 Å². The Labute approximate surface area is 394 Å². The number of fused-ring (bicyclic) bond motifs is 7. The summed E-state index contributed by atoms with van der Waals surface area (Å²) in [4.78, 5) is 17.5. The van der Waals surface area contributed by atoms with Gasteiger partial charge < -0.3 is 45.5 Å². The lowest BCUT2D eigenvalue weighted by Gasteiger charge is -2.39. The lowest BCUT2D eigenvalue weighted by atomic mass is 9.64. The van der Waals surface area contributed by atoms with Crippen LogP contribution in [-0.2, 0) is 34.2 Å². The standard InChI is InChI=1S/C56H64N4O7/c1-6-59-46-12-8-7-10-35(46)14-15-40-37-20-22-56(30-37)31-38-26-39(62)28-50(64-5)52(38)43-17-16-42-45(32-66-34(4)61)54(67-55(42)53(43)56)44-29-49(65-25-24-58-23-21-33(2)3)48(63)27-36(44)11-9-13-47-41(40)18-19-51(57)60-47/h7-8,10,12,16-19,26-29,33,37,40,45,54,58-59,62-63H,6,11,14-15,20-25,30-32H2,1-5H3,(H2,57,60)/t37-,40-,45+,54-,56+/m1/s1. The summed E-state index contributed by atoms with van der Waals surface area (Å²) in [5.74, 6) is 9.39. The van der Waals surface area contributed by atoms with Crippen LogP contribution in [0.15, 0.2) is 72.8 Å². The number of hydrogen-bond acceptors (Lipinski definition) is 11. The number of aromatic nitrogens is 1. The molecule has 1 spiro atoms. The summed E-state index contributed by atoms with van der Waals surface area (Å²) in [5, 5.41) is 29.7. The van der Waals surface area contributed by atoms with Crippen LogP contribution in [0, 0.1) is 23.7 Å². The van der Waals surface area contributed by atoms with Crippen molar-refractivity contribution >= 4 is 17.5 Å². The Morgan fingerprint density at radius 2 is 1.84 bits per heavy atom. The fourth-order valence-corrected chi connectivity index (χ4v) is 11.5. The molecule has 4 aromatic carbocycles. The Hall–Kier alpha value is -6.38. The van der Waals surface area contributed by atoms with E-state index >= 15 is 0 Å². The van der Waals surface area contributed by atoms with Crippen molar-refractivity contribution in [2.24, 2.45) is 11.8 Å². The monoisotopic (exact) mass is 904 g/mol. The number of aromatic hydroxyl groups is 2. The molecule has 1 aromatic heterocycles. The second-order valence-electron chi connectivity index (χ2n) is 19.3. The van der Waals surface area contributed by atoms with Gasteiger partial charge in [0.25, 0.3) is 0 Å². The van der Waals surface area contributed by atoms with Gasteiger partial charge in [-0.05, 0) is 140 Å². The van der Waals surface area contributed by atoms with Crippen LogP contribution in [0.4, 0.5) is 11.5 Å². The van der Waals surface area contributed by atoms with Crippen molar-refractivity contribution in [1.82, 2.24) is 10.3 Å². The van der Waals surface area contributed by atoms with E-state index < -0.39 is 6.10 Å². The number of aryl methyl sites for hydroxylation is 1. The maximum absolute atomic E-state index is 12.6. The molecule has 350 valence electrons. The van der Waals surface area contributed by atoms with Crippen molar-refractivity contribution in [3.05, 3.63) is 117 Å². The Bertz CT molecular complexity index is 2720. The first-order valence-corrected chi connectivity index (χ1v) is 24.1. The van der Waals surface area contributed by atoms with Gasteiger partial charge in [-0.15, -0.1) is 0 Å². The lowest BCUT2D eigenvalue weighted by molar-refractivity contribution is -0.141. The molecule has 3 heterocycles. The minimum atomic E-state index is -0.613. The van der Waals surface area contributed by atoms with Gasteiger partial charge in [0.1, 0.15) is 48.1 Å². The second-order valence-corrected chi connectivity index (χ2v) is 19.3. The fraction of sp³-hybridized carbons (Fsp3) is 0.429. The molecule has 5 aromatic rings. The SMILES string of the molecule is CCNc1ccccc1CC[C@H]1c2ccc(N)nc2C#CCc2cc(O)c(OCCNCCC(C)C)cc2[C@H]2Oc3c(ccc4c3[C@]3(CC[C@@H]1C3)Cc1cc(O)cc(OC)c1-4)[C@@H]2COC(C)=O. The average molecular weight is 905 g/mol. The molecule has 1 saturated carbocycles. The highest BCUT2D eigenvalue weighted by Crippen LogP contribution is 2.63. The van der Waals surface area contributed by atoms with Gasteiger partial charge in [0.05, 0.1) is 13.0 Å². The van der Waals surface area contributed by atoms with E-state index in [2.05, 4.69) is 85.7 Å². The topological polar surface area (TPSA) is 157 Å². The van der Waals surface area contributed by atoms with Crippen molar-refractivity contribution in [2.75, 3.05) is 51.0 Å². The highest BCUT2D eigenvalue weighted by atomic mass is 16.5. The predicted octanol–water partition coefficient (Wildman–Crippen LogP) is 9.90. The van der Waals surface area contributed by atoms with Gasteiger partial charge in [-0.2, -0.15) is 0 Å². The largest absolute Gasteiger partial charge is 0.508 e. The van der Waals surface area contributed by atoms with Gasteiger partial charge >= 0.3 is 5.97 Å². The molecule has 9 rings (SSSR count). The summed E-state index contributed by atoms with van der Waals surface area (Å²) in [7, 11) is 1.65. The molecule has 0 radical (unpaired) electrons. The zero-order valence-electron chi connectivity index (χ0n) is 39.5. The number of carbonyl (C=O) groups excluding carboxylic acids is 1. The van der Waals surface area contributed by atoms with E-state index in [0.29, 0.717) is 48.5 Å². The molecule has 0 amide bonds. The minimum Gasteiger partial charge on any atom is -0.508 e. The van der Waals surface area contributed by atoms with Crippen LogP contribution >= 0.6 is 0 Å². The Morgan fingerprint density at radius 3 is 2.64 bits per heavy atom. The lowest BCUT2D eigenvalue weighted by Crippen LogP contribution is -2.31. The van der Waals surface area contributed by atoms with Crippen LogP contribution in [0.25, 0.3) is 11.1 Å². The molecule has 1 fully saturated rings. The highest BCUT2D eigenvalue weighted by molar-refractivity contribution is 5.84. The molecule has 6 N–H and O–H groups in total. The number of esters is 1. The number of para-hydroxylation sites is 1. The van der Waals surface area contributed by atoms with E-state index in [1.54, 1.807) is 19.2 Å². The van der Waals surface area contributed by atoms with Crippen LogP contribution in [0.1, 0.15) is 122 Å². The molecular weight excluding hydrogens is 841 g/mol. The van der Waals surface area contributed by atoms with Crippen molar-refractivity contribution < 1.29 is 34.0 Å². The van der Waals surface area contributed by atoms with Gasteiger partial charge in [0, 0.05) is 65.9 Å². The van der Waals surface area contributed by atoms with Crippen LogP contribution in [-0.4, -0.2) is 61.1 Å². The Kier molecular flexibility index (Phi) is 13.3. The number of methoxy groups -OCH3 is 1. The molecule has 0 saturated heterocycles. The van der Waals surface area contributed by atoms with Gasteiger partial charge in [0.15, 0.2) is 11.5 Å². The maximum Gasteiger partial charge on any atom is 0.302 e. The first kappa shape index (κ1) is 45.8. The molecule has 2 aliphatic carbocycles. The number of phenolic OH excluding ortho intramolecular Hbond substituents is 2. The van der Waals surface area contributed by atoms with Crippen LogP contribution in [0.3, 0.4) is 0 Å². The molecular formula is C56H64N4O7. The van der Waals surface area contributed by atoms with Gasteiger partial charge in [-0.25, -0.2) is 4.98 Å². The van der Waals surface area contributed by atoms with E-state index in [4.69, 9.17) is 29.7 Å². The quantitative estimate of drug-likeness (QED) is 0.0387. The van der Waals surface area contributed by atoms with Gasteiger partial charge in [0.2, 0.25) is 0 Å². The molecule has 0 unspecified atom stereocenters. The van der Waals surface area contributed by atoms with Gasteiger partial charge in [-0.3, -0.25) is 4.79 Å². The molecule has 11 nitrogen and oxygen atoms in total. The number of nitrogens with two attached hydrogens (primary N) is 1. The second kappa shape index (κ2) is 19.5. The maximum atomic E-state index is 12.6. The molecule has 2 aliphatic heterocycles. The smallest absolute Gasteiger partial charge is 0.302 e. The minimum absolute atomic E-state index is 0.00830. The fourth-order valence-electron chi connectivity index (χ4n) is 11.5. The molecule has 5 atom stereocenters. The summed E-state index contributed by atoms with van der Waals surface area (Å²) in [6.45, 7) is 10.7. The third-order valence-electron chi connectivity index (χ3n) is 14.5. The number of benzene rings is 4. The van der Waals surface area contributed by atoms with Crippen molar-refractivity contribution in [3.63, 3.8) is 0 Å². The van der Waals surface area contributed by atoms with E-state index in [9.17, 15) is 15.0 Å². The van der Waals surface area contributed by atoms with Crippen LogP contribution in [0.5, 0.6) is 28.7 Å². The molecule has 4 aliphatic rings. The Morgan fingerprint density at radius 1 is 1.00 bits per heavy atom. The van der Waals surface area contributed by atoms with Crippen LogP contribution < -0.4 is 30.6 Å². The third-order valence-corrected chi connectivity index (χ3v) is 14.5. The number of ether oxygens (including phenoxy) is 4. The zero-order valence-corrected chi connectivity index (χ0v) is 39.5. The van der Waals surface area contributed by atoms with Crippen molar-refractivity contribution in [3.8, 4) is 51.7 Å². The van der Waals surface area contributed by atoms with E-state index in [1.807, 2.05) is 18.2 Å². The molecule has 11 heteroatoms. The molecule has 67 heavy (non-hydrogen) atoms. The first-order valence-electron chi connectivity index (χ1n) is 24.1. The van der Waals surface area contributed by atoms with Crippen molar-refractivity contribution in [2.45, 2.75) is 102 Å². The first-order chi connectivity index (χ1) is 32.5. The number of nitrogens with one attached hydrogen (secondary N) is 2. The number of anilines is 2. The van der Waals surface area contributed by atoms with Crippen LogP contribution in [0.2, 0.25) is 0 Å². The summed E-state index contributed by atoms with van der Waals surface area (Å²) < 4.78 is 25.7. The summed E-state index contributed by atoms with van der Waals surface area (Å²) in [6.07, 6.45) is 5.77. The third kappa shape index (κ3) is 9.21. The normalized spacial score (nSPS) is 20.8. The number of rotatable bonds is 15.